The molecule has 1 saturated carbocycles. The number of hydrogen-bond acceptors (Lipinski definition) is 11. The molecule has 1 fully saturated rings. The zero-order valence-electron chi connectivity index (χ0n) is 37.6. The normalized spacial score (nSPS) is 22.9. The van der Waals surface area contributed by atoms with Crippen LogP contribution < -0.4 is 0 Å². The molecule has 0 aromatic rings. The Kier molecular flexibility index (Phi) is 35.7. The molecule has 62 heavy (non-hydrogen) atoms. The van der Waals surface area contributed by atoms with Crippen molar-refractivity contribution in [1.29, 1.82) is 0 Å². The lowest BCUT2D eigenvalue weighted by atomic mass is 9.85. The van der Waals surface area contributed by atoms with Gasteiger partial charge in [-0.05, 0) is 89.9 Å². The van der Waals surface area contributed by atoms with Crippen LogP contribution in [0.3, 0.4) is 0 Å². The lowest BCUT2D eigenvalue weighted by molar-refractivity contribution is -0.220. The summed E-state index contributed by atoms with van der Waals surface area (Å²) in [6.07, 6.45) is 40.4. The van der Waals surface area contributed by atoms with Crippen molar-refractivity contribution >= 4 is 13.8 Å². The summed E-state index contributed by atoms with van der Waals surface area (Å²) in [5.41, 5.74) is 0. The molecule has 1 rings (SSSR count). The second kappa shape index (κ2) is 38.7. The first-order chi connectivity index (χ1) is 30.0. The molecule has 0 spiro atoms. The summed E-state index contributed by atoms with van der Waals surface area (Å²) in [5.74, 6) is -0.518. The summed E-state index contributed by atoms with van der Waals surface area (Å²) in [7, 11) is -5.04. The van der Waals surface area contributed by atoms with E-state index in [1.165, 1.54) is 0 Å². The molecule has 0 aromatic heterocycles. The number of unbranched alkanes of at least 4 members (excludes halogenated alkanes) is 9. The number of aliphatic hydroxyl groups is 5. The molecule has 354 valence electrons. The van der Waals surface area contributed by atoms with Crippen LogP contribution >= 0.6 is 7.82 Å². The van der Waals surface area contributed by atoms with E-state index in [0.29, 0.717) is 13.0 Å². The standard InChI is InChI=1S/C49H81O12P/c1-3-5-7-9-11-13-15-17-19-21-22-23-24-26-28-30-32-34-36-38-43(50)60-42(41-59-62(56,57)61-49-47(54)45(52)44(51)46(53)48(49)55)40-58-39-37-35-33-31-29-27-25-20-18-16-14-12-10-8-6-4-2/h5-8,11-14,17-20,22-23,26,28,42,44-49,51-55H,3-4,9-10,15-16,21,24-25,27,29-41H2,1-2H3,(H,56,57)/b7-5-,8-6-,13-11-,14-12-,19-17-,20-18-,23-22-,28-26-. The number of allylic oxidation sites excluding steroid dienone is 16. The maximum Gasteiger partial charge on any atom is 0.472 e. The second-order valence-corrected chi connectivity index (χ2v) is 16.9. The number of ether oxygens (including phenoxy) is 2. The number of hydrogen-bond donors (Lipinski definition) is 6. The van der Waals surface area contributed by atoms with Gasteiger partial charge >= 0.3 is 13.8 Å². The van der Waals surface area contributed by atoms with Crippen molar-refractivity contribution in [3.8, 4) is 0 Å². The number of esters is 1. The van der Waals surface area contributed by atoms with Crippen LogP contribution in [-0.4, -0.2) is 98.9 Å². The topological polar surface area (TPSA) is 192 Å². The lowest BCUT2D eigenvalue weighted by Gasteiger charge is -2.41. The average Bonchev–Trinajstić information content (AvgIpc) is 3.26. The molecule has 0 radical (unpaired) electrons. The third-order valence-corrected chi connectivity index (χ3v) is 10.9. The maximum absolute atomic E-state index is 12.8. The first-order valence-corrected chi connectivity index (χ1v) is 24.6. The van der Waals surface area contributed by atoms with Crippen LogP contribution in [0.25, 0.3) is 0 Å². The molecule has 0 bridgehead atoms. The third-order valence-electron chi connectivity index (χ3n) is 9.95. The van der Waals surface area contributed by atoms with Crippen molar-refractivity contribution in [2.24, 2.45) is 0 Å². The first-order valence-electron chi connectivity index (χ1n) is 23.1. The molecule has 13 heteroatoms. The Morgan fingerprint density at radius 1 is 0.516 bits per heavy atom. The van der Waals surface area contributed by atoms with E-state index in [2.05, 4.69) is 111 Å². The Labute approximate surface area is 373 Å². The van der Waals surface area contributed by atoms with E-state index in [1.807, 2.05) is 0 Å². The van der Waals surface area contributed by atoms with Crippen LogP contribution in [0.15, 0.2) is 97.2 Å². The SMILES string of the molecule is CC/C=C\C/C=C\C/C=C\C/C=C\C/C=C\CCCCCC(=O)OC(COCCCCCCCC/C=C\C/C=C\C/C=C\CC)COP(=O)(O)OC1C(O)C(O)C(O)C(O)C1O. The van der Waals surface area contributed by atoms with E-state index >= 15 is 0 Å². The molecule has 0 aliphatic heterocycles. The number of rotatable bonds is 37. The van der Waals surface area contributed by atoms with E-state index in [9.17, 15) is 39.8 Å². The van der Waals surface area contributed by atoms with Crippen molar-refractivity contribution in [3.63, 3.8) is 0 Å². The van der Waals surface area contributed by atoms with Gasteiger partial charge in [0.05, 0.1) is 13.2 Å². The molecule has 6 atom stereocenters. The highest BCUT2D eigenvalue weighted by molar-refractivity contribution is 7.47. The Balaban J connectivity index is 2.45. The quantitative estimate of drug-likeness (QED) is 0.0150. The van der Waals surface area contributed by atoms with E-state index in [1.54, 1.807) is 0 Å². The van der Waals surface area contributed by atoms with Crippen LogP contribution in [0.2, 0.25) is 0 Å². The van der Waals surface area contributed by atoms with Gasteiger partial charge in [-0.2, -0.15) is 0 Å². The molecule has 1 aliphatic rings. The first kappa shape index (κ1) is 57.3. The molecule has 6 N–H and O–H groups in total. The van der Waals surface area contributed by atoms with Crippen LogP contribution in [0, 0.1) is 0 Å². The molecule has 0 saturated heterocycles. The Hall–Kier alpha value is -2.74. The summed E-state index contributed by atoms with van der Waals surface area (Å²) in [4.78, 5) is 23.2. The minimum atomic E-state index is -5.04. The summed E-state index contributed by atoms with van der Waals surface area (Å²) in [6, 6.07) is 0. The minimum absolute atomic E-state index is 0.106. The van der Waals surface area contributed by atoms with Gasteiger partial charge in [0.1, 0.15) is 42.7 Å². The molecule has 1 aliphatic carbocycles. The Morgan fingerprint density at radius 2 is 0.903 bits per heavy atom. The second-order valence-electron chi connectivity index (χ2n) is 15.5. The zero-order chi connectivity index (χ0) is 45.5. The largest absolute Gasteiger partial charge is 0.472 e. The molecule has 6 unspecified atom stereocenters. The fraction of sp³-hybridized carbons (Fsp3) is 0.653. The smallest absolute Gasteiger partial charge is 0.457 e. The van der Waals surface area contributed by atoms with E-state index < -0.39 is 63.1 Å². The summed E-state index contributed by atoms with van der Waals surface area (Å²) in [6.45, 7) is 3.95. The number of phosphoric acid groups is 1. The van der Waals surface area contributed by atoms with Gasteiger partial charge in [0, 0.05) is 13.0 Å². The predicted octanol–water partition coefficient (Wildman–Crippen LogP) is 9.53. The van der Waals surface area contributed by atoms with Gasteiger partial charge in [0.2, 0.25) is 0 Å². The van der Waals surface area contributed by atoms with Gasteiger partial charge in [-0.25, -0.2) is 4.57 Å². The zero-order valence-corrected chi connectivity index (χ0v) is 38.5. The van der Waals surface area contributed by atoms with Crippen LogP contribution in [0.4, 0.5) is 0 Å². The van der Waals surface area contributed by atoms with Gasteiger partial charge in [0.15, 0.2) is 0 Å². The van der Waals surface area contributed by atoms with Crippen molar-refractivity contribution in [1.82, 2.24) is 0 Å². The molecule has 12 nitrogen and oxygen atoms in total. The molecule has 0 aromatic carbocycles. The van der Waals surface area contributed by atoms with Crippen LogP contribution in [-0.2, 0) is 27.9 Å². The highest BCUT2D eigenvalue weighted by Gasteiger charge is 2.51. The molecule has 0 heterocycles. The highest BCUT2D eigenvalue weighted by Crippen LogP contribution is 2.47. The van der Waals surface area contributed by atoms with Crippen molar-refractivity contribution in [2.75, 3.05) is 19.8 Å². The molecular formula is C49H81O12P. The number of carbonyl (C=O) groups excluding carboxylic acids is 1. The summed E-state index contributed by atoms with van der Waals surface area (Å²) < 4.78 is 34.1. The van der Waals surface area contributed by atoms with Crippen LogP contribution in [0.5, 0.6) is 0 Å². The van der Waals surface area contributed by atoms with Crippen LogP contribution in [0.1, 0.15) is 142 Å². The van der Waals surface area contributed by atoms with Crippen molar-refractivity contribution in [3.05, 3.63) is 97.2 Å². The van der Waals surface area contributed by atoms with Gasteiger partial charge in [-0.3, -0.25) is 13.8 Å². The van der Waals surface area contributed by atoms with Gasteiger partial charge < -0.3 is 39.9 Å². The summed E-state index contributed by atoms with van der Waals surface area (Å²) >= 11 is 0. The molecule has 0 amide bonds. The van der Waals surface area contributed by atoms with Gasteiger partial charge in [-0.1, -0.05) is 143 Å². The van der Waals surface area contributed by atoms with Crippen molar-refractivity contribution in [2.45, 2.75) is 185 Å². The Bertz CT molecular complexity index is 1390. The number of carbonyl (C=O) groups is 1. The van der Waals surface area contributed by atoms with E-state index in [0.717, 1.165) is 116 Å². The lowest BCUT2D eigenvalue weighted by Crippen LogP contribution is -2.64. The maximum atomic E-state index is 12.8. The van der Waals surface area contributed by atoms with Gasteiger partial charge in [-0.15, -0.1) is 0 Å². The van der Waals surface area contributed by atoms with Crippen molar-refractivity contribution < 1.29 is 58.3 Å². The fourth-order valence-electron chi connectivity index (χ4n) is 6.34. The summed E-state index contributed by atoms with van der Waals surface area (Å²) in [5, 5.41) is 50.2. The average molecular weight is 893 g/mol. The fourth-order valence-corrected chi connectivity index (χ4v) is 7.31. The highest BCUT2D eigenvalue weighted by atomic mass is 31.2. The minimum Gasteiger partial charge on any atom is -0.457 e. The number of aliphatic hydroxyl groups excluding tert-OH is 5. The number of phosphoric ester groups is 1. The van der Waals surface area contributed by atoms with E-state index in [4.69, 9.17) is 18.5 Å². The Morgan fingerprint density at radius 3 is 1.37 bits per heavy atom. The predicted molar refractivity (Wildman–Crippen MR) is 248 cm³/mol. The van der Waals surface area contributed by atoms with E-state index in [-0.39, 0.29) is 13.0 Å². The monoisotopic (exact) mass is 893 g/mol. The van der Waals surface area contributed by atoms with Gasteiger partial charge in [0.25, 0.3) is 0 Å². The third kappa shape index (κ3) is 30.4. The molecular weight excluding hydrogens is 812 g/mol.